The van der Waals surface area contributed by atoms with Crippen LogP contribution in [-0.4, -0.2) is 44.2 Å². The number of benzene rings is 1. The lowest BCUT2D eigenvalue weighted by molar-refractivity contribution is 0.174. The van der Waals surface area contributed by atoms with E-state index in [9.17, 15) is 5.11 Å². The fraction of sp³-hybridized carbons (Fsp3) is 0.600. The zero-order valence-electron chi connectivity index (χ0n) is 12.1. The molecule has 0 saturated heterocycles. The Morgan fingerprint density at radius 3 is 2.39 bits per heavy atom. The van der Waals surface area contributed by atoms with E-state index < -0.39 is 0 Å². The SMILES string of the molecule is CC[C@@H](O)c1ccccc1N(C)CCCN(C)C. The molecule has 0 aromatic heterocycles. The van der Waals surface area contributed by atoms with Gasteiger partial charge in [0.15, 0.2) is 0 Å². The van der Waals surface area contributed by atoms with Crippen molar-refractivity contribution in [2.75, 3.05) is 39.1 Å². The summed E-state index contributed by atoms with van der Waals surface area (Å²) in [4.78, 5) is 4.43. The van der Waals surface area contributed by atoms with Crippen LogP contribution in [0.2, 0.25) is 0 Å². The Kier molecular flexibility index (Phi) is 6.16. The molecule has 1 rings (SSSR count). The third kappa shape index (κ3) is 4.31. The van der Waals surface area contributed by atoms with Gasteiger partial charge < -0.3 is 14.9 Å². The highest BCUT2D eigenvalue weighted by Gasteiger charge is 2.12. The van der Waals surface area contributed by atoms with Crippen LogP contribution in [-0.2, 0) is 0 Å². The van der Waals surface area contributed by atoms with Crippen LogP contribution in [0.25, 0.3) is 0 Å². The van der Waals surface area contributed by atoms with Crippen LogP contribution in [0.5, 0.6) is 0 Å². The van der Waals surface area contributed by atoms with Crippen molar-refractivity contribution in [2.24, 2.45) is 0 Å². The van der Waals surface area contributed by atoms with Crippen molar-refractivity contribution in [3.8, 4) is 0 Å². The largest absolute Gasteiger partial charge is 0.388 e. The molecule has 0 bridgehead atoms. The third-order valence-electron chi connectivity index (χ3n) is 3.19. The van der Waals surface area contributed by atoms with E-state index >= 15 is 0 Å². The Hall–Kier alpha value is -1.06. The summed E-state index contributed by atoms with van der Waals surface area (Å²) in [5.74, 6) is 0. The zero-order valence-corrected chi connectivity index (χ0v) is 12.1. The van der Waals surface area contributed by atoms with Gasteiger partial charge in [-0.05, 0) is 39.5 Å². The molecule has 102 valence electrons. The molecule has 18 heavy (non-hydrogen) atoms. The average molecular weight is 250 g/mol. The Morgan fingerprint density at radius 2 is 1.78 bits per heavy atom. The first kappa shape index (κ1) is 15.0. The van der Waals surface area contributed by atoms with Crippen LogP contribution in [0.4, 0.5) is 5.69 Å². The lowest BCUT2D eigenvalue weighted by atomic mass is 10.0. The molecule has 0 radical (unpaired) electrons. The molecule has 0 amide bonds. The minimum Gasteiger partial charge on any atom is -0.388 e. The van der Waals surface area contributed by atoms with Gasteiger partial charge in [-0.2, -0.15) is 0 Å². The van der Waals surface area contributed by atoms with Crippen LogP contribution in [0.3, 0.4) is 0 Å². The standard InChI is InChI=1S/C15H26N2O/c1-5-15(18)13-9-6-7-10-14(13)17(4)12-8-11-16(2)3/h6-7,9-10,15,18H,5,8,11-12H2,1-4H3/t15-/m1/s1. The van der Waals surface area contributed by atoms with Gasteiger partial charge >= 0.3 is 0 Å². The number of anilines is 1. The Morgan fingerprint density at radius 1 is 1.11 bits per heavy atom. The smallest absolute Gasteiger partial charge is 0.0807 e. The number of aliphatic hydroxyl groups excluding tert-OH is 1. The highest BCUT2D eigenvalue weighted by Crippen LogP contribution is 2.27. The van der Waals surface area contributed by atoms with E-state index in [0.717, 1.165) is 37.2 Å². The van der Waals surface area contributed by atoms with Gasteiger partial charge in [0.25, 0.3) is 0 Å². The molecule has 0 spiro atoms. The van der Waals surface area contributed by atoms with Crippen LogP contribution >= 0.6 is 0 Å². The molecule has 1 atom stereocenters. The van der Waals surface area contributed by atoms with Gasteiger partial charge in [0.2, 0.25) is 0 Å². The summed E-state index contributed by atoms with van der Waals surface area (Å²) in [6, 6.07) is 8.13. The molecular weight excluding hydrogens is 224 g/mol. The molecule has 1 aromatic carbocycles. The molecule has 0 saturated carbocycles. The molecule has 3 heteroatoms. The van der Waals surface area contributed by atoms with E-state index in [1.54, 1.807) is 0 Å². The van der Waals surface area contributed by atoms with Crippen molar-refractivity contribution in [3.63, 3.8) is 0 Å². The Balaban J connectivity index is 2.69. The van der Waals surface area contributed by atoms with Crippen molar-refractivity contribution in [2.45, 2.75) is 25.9 Å². The monoisotopic (exact) mass is 250 g/mol. The molecule has 1 aromatic rings. The second-order valence-electron chi connectivity index (χ2n) is 5.06. The third-order valence-corrected chi connectivity index (χ3v) is 3.19. The van der Waals surface area contributed by atoms with Gasteiger partial charge in [-0.1, -0.05) is 25.1 Å². The van der Waals surface area contributed by atoms with E-state index in [1.807, 2.05) is 25.1 Å². The maximum atomic E-state index is 10.0. The molecule has 0 aliphatic rings. The second kappa shape index (κ2) is 7.39. The second-order valence-corrected chi connectivity index (χ2v) is 5.06. The summed E-state index contributed by atoms with van der Waals surface area (Å²) in [7, 11) is 6.28. The number of hydrogen-bond acceptors (Lipinski definition) is 3. The molecule has 0 aliphatic heterocycles. The maximum Gasteiger partial charge on any atom is 0.0807 e. The lowest BCUT2D eigenvalue weighted by Gasteiger charge is -2.25. The van der Waals surface area contributed by atoms with Crippen molar-refractivity contribution in [1.82, 2.24) is 4.90 Å². The van der Waals surface area contributed by atoms with E-state index in [1.165, 1.54) is 0 Å². The summed E-state index contributed by atoms with van der Waals surface area (Å²) >= 11 is 0. The van der Waals surface area contributed by atoms with Crippen LogP contribution in [0.15, 0.2) is 24.3 Å². The summed E-state index contributed by atoms with van der Waals surface area (Å²) in [6.07, 6.45) is 1.51. The fourth-order valence-corrected chi connectivity index (χ4v) is 2.08. The van der Waals surface area contributed by atoms with Gasteiger partial charge in [0.05, 0.1) is 6.10 Å². The number of hydrogen-bond donors (Lipinski definition) is 1. The predicted octanol–water partition coefficient (Wildman–Crippen LogP) is 2.52. The number of para-hydroxylation sites is 1. The molecule has 1 N–H and O–H groups in total. The summed E-state index contributed by atoms with van der Waals surface area (Å²) in [5, 5.41) is 10.0. The molecule has 0 fully saturated rings. The quantitative estimate of drug-likeness (QED) is 0.805. The minimum atomic E-state index is -0.363. The van der Waals surface area contributed by atoms with Gasteiger partial charge in [-0.3, -0.25) is 0 Å². The first-order chi connectivity index (χ1) is 8.56. The van der Waals surface area contributed by atoms with Crippen LogP contribution < -0.4 is 4.90 Å². The van der Waals surface area contributed by atoms with E-state index in [2.05, 4.69) is 37.0 Å². The van der Waals surface area contributed by atoms with E-state index in [4.69, 9.17) is 0 Å². The molecule has 0 aliphatic carbocycles. The molecule has 3 nitrogen and oxygen atoms in total. The van der Waals surface area contributed by atoms with E-state index in [-0.39, 0.29) is 6.10 Å². The number of nitrogens with zero attached hydrogens (tertiary/aromatic N) is 2. The maximum absolute atomic E-state index is 10.0. The first-order valence-corrected chi connectivity index (χ1v) is 6.69. The van der Waals surface area contributed by atoms with Crippen LogP contribution in [0.1, 0.15) is 31.4 Å². The number of rotatable bonds is 7. The lowest BCUT2D eigenvalue weighted by Crippen LogP contribution is -2.24. The summed E-state index contributed by atoms with van der Waals surface area (Å²) in [5.41, 5.74) is 2.18. The molecule has 0 unspecified atom stereocenters. The minimum absolute atomic E-state index is 0.363. The first-order valence-electron chi connectivity index (χ1n) is 6.69. The number of aliphatic hydroxyl groups is 1. The topological polar surface area (TPSA) is 26.7 Å². The van der Waals surface area contributed by atoms with Gasteiger partial charge in [-0.25, -0.2) is 0 Å². The normalized spacial score (nSPS) is 12.8. The van der Waals surface area contributed by atoms with Crippen molar-refractivity contribution >= 4 is 5.69 Å². The highest BCUT2D eigenvalue weighted by atomic mass is 16.3. The summed E-state index contributed by atoms with van der Waals surface area (Å²) < 4.78 is 0. The molecule has 0 heterocycles. The van der Waals surface area contributed by atoms with Gasteiger partial charge in [0, 0.05) is 24.8 Å². The average Bonchev–Trinajstić information content (AvgIpc) is 2.37. The van der Waals surface area contributed by atoms with E-state index in [0.29, 0.717) is 0 Å². The fourth-order valence-electron chi connectivity index (χ4n) is 2.08. The van der Waals surface area contributed by atoms with Crippen molar-refractivity contribution in [3.05, 3.63) is 29.8 Å². The Labute approximate surface area is 111 Å². The summed E-state index contributed by atoms with van der Waals surface area (Å²) in [6.45, 7) is 4.10. The molecular formula is C15H26N2O. The zero-order chi connectivity index (χ0) is 13.5. The van der Waals surface area contributed by atoms with Gasteiger partial charge in [0.1, 0.15) is 0 Å². The highest BCUT2D eigenvalue weighted by molar-refractivity contribution is 5.54. The van der Waals surface area contributed by atoms with Gasteiger partial charge in [-0.15, -0.1) is 0 Å². The Bertz CT molecular complexity index is 352. The predicted molar refractivity (Wildman–Crippen MR) is 78.1 cm³/mol. The van der Waals surface area contributed by atoms with Crippen molar-refractivity contribution < 1.29 is 5.11 Å². The van der Waals surface area contributed by atoms with Crippen molar-refractivity contribution in [1.29, 1.82) is 0 Å². The van der Waals surface area contributed by atoms with Crippen LogP contribution in [0, 0.1) is 0 Å².